The van der Waals surface area contributed by atoms with Crippen LogP contribution in [0.15, 0.2) is 24.3 Å². The molecule has 0 aromatic heterocycles. The molecule has 0 unspecified atom stereocenters. The van der Waals surface area contributed by atoms with Crippen LogP contribution < -0.4 is 15.4 Å². The van der Waals surface area contributed by atoms with Crippen molar-refractivity contribution in [2.24, 2.45) is 0 Å². The van der Waals surface area contributed by atoms with Crippen molar-refractivity contribution in [1.29, 1.82) is 0 Å². The fourth-order valence-corrected chi connectivity index (χ4v) is 1.23. The van der Waals surface area contributed by atoms with Crippen LogP contribution in [-0.2, 0) is 0 Å². The number of rotatable bonds is 5. The van der Waals surface area contributed by atoms with Gasteiger partial charge in [-0.2, -0.15) is 0 Å². The predicted octanol–water partition coefficient (Wildman–Crippen LogP) is 1.75. The molecular weight excluding hydrogens is 256 g/mol. The summed E-state index contributed by atoms with van der Waals surface area (Å²) in [6.07, 6.45) is 0. The standard InChI is InChI=1S/C12H17ClN2O3/c1-12(2,7-16)15-11(17)14-8-18-10-5-3-9(13)4-6-10/h3-6,16H,7-8H2,1-2H3,(H2,14,15,17). The lowest BCUT2D eigenvalue weighted by Gasteiger charge is -2.23. The number of ether oxygens (including phenoxy) is 1. The smallest absolute Gasteiger partial charge is 0.317 e. The number of benzene rings is 1. The van der Waals surface area contributed by atoms with Gasteiger partial charge in [0.05, 0.1) is 12.1 Å². The van der Waals surface area contributed by atoms with E-state index in [2.05, 4.69) is 10.6 Å². The van der Waals surface area contributed by atoms with E-state index >= 15 is 0 Å². The van der Waals surface area contributed by atoms with E-state index in [4.69, 9.17) is 21.4 Å². The van der Waals surface area contributed by atoms with E-state index in [0.29, 0.717) is 10.8 Å². The zero-order chi connectivity index (χ0) is 13.6. The van der Waals surface area contributed by atoms with E-state index in [1.807, 2.05) is 0 Å². The highest BCUT2D eigenvalue weighted by molar-refractivity contribution is 6.30. The summed E-state index contributed by atoms with van der Waals surface area (Å²) < 4.78 is 5.29. The average molecular weight is 273 g/mol. The van der Waals surface area contributed by atoms with Crippen molar-refractivity contribution in [1.82, 2.24) is 10.6 Å². The van der Waals surface area contributed by atoms with E-state index in [-0.39, 0.29) is 13.3 Å². The molecule has 0 fully saturated rings. The molecule has 0 saturated heterocycles. The maximum atomic E-state index is 11.4. The normalized spacial score (nSPS) is 10.9. The summed E-state index contributed by atoms with van der Waals surface area (Å²) in [6, 6.07) is 6.42. The van der Waals surface area contributed by atoms with Gasteiger partial charge in [-0.05, 0) is 38.1 Å². The van der Waals surface area contributed by atoms with Gasteiger partial charge < -0.3 is 20.5 Å². The zero-order valence-electron chi connectivity index (χ0n) is 10.4. The van der Waals surface area contributed by atoms with Crippen molar-refractivity contribution in [3.8, 4) is 5.75 Å². The Balaban J connectivity index is 2.29. The lowest BCUT2D eigenvalue weighted by Crippen LogP contribution is -2.51. The number of aliphatic hydroxyl groups excluding tert-OH is 1. The number of amides is 2. The third-order valence-corrected chi connectivity index (χ3v) is 2.38. The maximum Gasteiger partial charge on any atom is 0.317 e. The molecule has 5 nitrogen and oxygen atoms in total. The summed E-state index contributed by atoms with van der Waals surface area (Å²) >= 11 is 5.73. The van der Waals surface area contributed by atoms with Crippen molar-refractivity contribution >= 4 is 17.6 Å². The molecule has 2 amide bonds. The third kappa shape index (κ3) is 5.25. The molecule has 1 rings (SSSR count). The highest BCUT2D eigenvalue weighted by Gasteiger charge is 2.18. The lowest BCUT2D eigenvalue weighted by molar-refractivity contribution is 0.176. The Hall–Kier alpha value is -1.46. The number of carbonyl (C=O) groups excluding carboxylic acids is 1. The zero-order valence-corrected chi connectivity index (χ0v) is 11.1. The van der Waals surface area contributed by atoms with Crippen molar-refractivity contribution in [2.45, 2.75) is 19.4 Å². The van der Waals surface area contributed by atoms with Gasteiger partial charge >= 0.3 is 6.03 Å². The van der Waals surface area contributed by atoms with Crippen LogP contribution in [-0.4, -0.2) is 30.0 Å². The molecule has 0 bridgehead atoms. The van der Waals surface area contributed by atoms with Gasteiger partial charge in [-0.15, -0.1) is 0 Å². The molecule has 100 valence electrons. The molecular formula is C12H17ClN2O3. The minimum Gasteiger partial charge on any atom is -0.473 e. The number of aliphatic hydroxyl groups is 1. The van der Waals surface area contributed by atoms with Gasteiger partial charge in [0.2, 0.25) is 0 Å². The molecule has 0 aliphatic carbocycles. The molecule has 0 atom stereocenters. The number of urea groups is 1. The van der Waals surface area contributed by atoms with Gasteiger partial charge in [-0.25, -0.2) is 4.79 Å². The van der Waals surface area contributed by atoms with Crippen LogP contribution in [0.25, 0.3) is 0 Å². The Labute approximate surface area is 111 Å². The average Bonchev–Trinajstić information content (AvgIpc) is 2.31. The van der Waals surface area contributed by atoms with Gasteiger partial charge in [-0.1, -0.05) is 11.6 Å². The quantitative estimate of drug-likeness (QED) is 0.715. The minimum absolute atomic E-state index is 0.0367. The second-order valence-corrected chi connectivity index (χ2v) is 4.85. The van der Waals surface area contributed by atoms with Gasteiger partial charge in [0.15, 0.2) is 6.73 Å². The predicted molar refractivity (Wildman–Crippen MR) is 69.8 cm³/mol. The Morgan fingerprint density at radius 3 is 2.56 bits per heavy atom. The van der Waals surface area contributed by atoms with Gasteiger partial charge in [0.25, 0.3) is 0 Å². The summed E-state index contributed by atoms with van der Waals surface area (Å²) in [4.78, 5) is 11.4. The molecule has 1 aromatic carbocycles. The van der Waals surface area contributed by atoms with E-state index < -0.39 is 11.6 Å². The molecule has 3 N–H and O–H groups in total. The third-order valence-electron chi connectivity index (χ3n) is 2.13. The summed E-state index contributed by atoms with van der Waals surface area (Å²) in [7, 11) is 0. The Morgan fingerprint density at radius 1 is 1.39 bits per heavy atom. The second-order valence-electron chi connectivity index (χ2n) is 4.42. The van der Waals surface area contributed by atoms with Crippen LogP contribution in [0.2, 0.25) is 5.02 Å². The molecule has 0 radical (unpaired) electrons. The first-order valence-electron chi connectivity index (χ1n) is 5.48. The molecule has 0 aliphatic heterocycles. The lowest BCUT2D eigenvalue weighted by atomic mass is 10.1. The first-order valence-corrected chi connectivity index (χ1v) is 5.86. The Bertz CT molecular complexity index is 393. The summed E-state index contributed by atoms with van der Waals surface area (Å²) in [5.74, 6) is 0.612. The number of hydrogen-bond donors (Lipinski definition) is 3. The maximum absolute atomic E-state index is 11.4. The highest BCUT2D eigenvalue weighted by Crippen LogP contribution is 2.14. The molecule has 18 heavy (non-hydrogen) atoms. The second kappa shape index (κ2) is 6.47. The number of nitrogens with one attached hydrogen (secondary N) is 2. The van der Waals surface area contributed by atoms with Crippen LogP contribution in [0.3, 0.4) is 0 Å². The number of carbonyl (C=O) groups is 1. The van der Waals surface area contributed by atoms with Crippen LogP contribution in [0.5, 0.6) is 5.75 Å². The molecule has 1 aromatic rings. The van der Waals surface area contributed by atoms with E-state index in [9.17, 15) is 4.79 Å². The summed E-state index contributed by atoms with van der Waals surface area (Å²) in [6.45, 7) is 3.33. The SMILES string of the molecule is CC(C)(CO)NC(=O)NCOc1ccc(Cl)cc1. The molecule has 6 heteroatoms. The fraction of sp³-hybridized carbons (Fsp3) is 0.417. The van der Waals surface area contributed by atoms with E-state index in [1.165, 1.54) is 0 Å². The highest BCUT2D eigenvalue weighted by atomic mass is 35.5. The fourth-order valence-electron chi connectivity index (χ4n) is 1.11. The van der Waals surface area contributed by atoms with Gasteiger partial charge in [-0.3, -0.25) is 0 Å². The first kappa shape index (κ1) is 14.6. The van der Waals surface area contributed by atoms with E-state index in [0.717, 1.165) is 0 Å². The van der Waals surface area contributed by atoms with Gasteiger partial charge in [0, 0.05) is 5.02 Å². The molecule has 0 heterocycles. The van der Waals surface area contributed by atoms with Crippen molar-refractivity contribution in [3.63, 3.8) is 0 Å². The molecule has 0 saturated carbocycles. The van der Waals surface area contributed by atoms with Crippen molar-refractivity contribution < 1.29 is 14.6 Å². The summed E-state index contributed by atoms with van der Waals surface area (Å²) in [5.41, 5.74) is -0.662. The van der Waals surface area contributed by atoms with Crippen molar-refractivity contribution in [2.75, 3.05) is 13.3 Å². The minimum atomic E-state index is -0.662. The largest absolute Gasteiger partial charge is 0.473 e. The van der Waals surface area contributed by atoms with Gasteiger partial charge in [0.1, 0.15) is 5.75 Å². The monoisotopic (exact) mass is 272 g/mol. The van der Waals surface area contributed by atoms with E-state index in [1.54, 1.807) is 38.1 Å². The topological polar surface area (TPSA) is 70.6 Å². The summed E-state index contributed by atoms with van der Waals surface area (Å²) in [5, 5.41) is 14.7. The first-order chi connectivity index (χ1) is 8.43. The Morgan fingerprint density at radius 2 is 2.00 bits per heavy atom. The Kier molecular flexibility index (Phi) is 5.25. The molecule has 0 aliphatic rings. The van der Waals surface area contributed by atoms with Crippen molar-refractivity contribution in [3.05, 3.63) is 29.3 Å². The van der Waals surface area contributed by atoms with Crippen LogP contribution >= 0.6 is 11.6 Å². The molecule has 0 spiro atoms. The van der Waals surface area contributed by atoms with Crippen LogP contribution in [0, 0.1) is 0 Å². The van der Waals surface area contributed by atoms with Crippen LogP contribution in [0.4, 0.5) is 4.79 Å². The number of hydrogen-bond acceptors (Lipinski definition) is 3. The van der Waals surface area contributed by atoms with Crippen LogP contribution in [0.1, 0.15) is 13.8 Å². The number of halogens is 1.